The fourth-order valence-electron chi connectivity index (χ4n) is 4.94. The molecule has 7 heteroatoms. The summed E-state index contributed by atoms with van der Waals surface area (Å²) in [5.74, 6) is -0.852. The molecule has 0 aliphatic heterocycles. The Labute approximate surface area is 184 Å². The lowest BCUT2D eigenvalue weighted by molar-refractivity contribution is -0.734. The van der Waals surface area contributed by atoms with Crippen LogP contribution in [0.4, 0.5) is 13.2 Å². The Bertz CT molecular complexity index is 1370. The fourth-order valence-corrected chi connectivity index (χ4v) is 4.94. The number of nitrogens with zero attached hydrogens (tertiary/aromatic N) is 4. The van der Waals surface area contributed by atoms with Gasteiger partial charge in [0, 0.05) is 31.0 Å². The number of hydrogen-bond donors (Lipinski definition) is 0. The van der Waals surface area contributed by atoms with Crippen LogP contribution in [0.2, 0.25) is 0 Å². The molecule has 0 radical (unpaired) electrons. The van der Waals surface area contributed by atoms with E-state index in [1.807, 2.05) is 20.0 Å². The Morgan fingerprint density at radius 2 is 1.81 bits per heavy atom. The molecular weight excluding hydrogens is 413 g/mol. The molecule has 0 fully saturated rings. The van der Waals surface area contributed by atoms with Crippen LogP contribution in [0.25, 0.3) is 16.6 Å². The molecule has 0 saturated heterocycles. The standard InChI is InChI=1S/C25H25F3N4/c1-15-5-6-18-22(10-15)30(4)14-23(18)31-12-16(2)9-19-20(31)7-8-21(19)32-13-17(3)11-29-24(32)25(26,27)28/h5-6,9-14,21H,7-8H2,1-4H3/q+2. The summed E-state index contributed by atoms with van der Waals surface area (Å²) in [4.78, 5) is 3.75. The first kappa shape index (κ1) is 20.7. The molecule has 0 saturated carbocycles. The molecule has 0 amide bonds. The number of hydrogen-bond acceptors (Lipinski definition) is 1. The van der Waals surface area contributed by atoms with Gasteiger partial charge >= 0.3 is 12.0 Å². The second kappa shape index (κ2) is 7.15. The SMILES string of the molecule is Cc1ccc2c(-[n+]3cc(C)cc4c3CCC4[n+]3cc(C)cnc3C(F)(F)F)cn(C)c2c1. The van der Waals surface area contributed by atoms with Crippen molar-refractivity contribution in [2.45, 2.75) is 45.8 Å². The van der Waals surface area contributed by atoms with Crippen molar-refractivity contribution in [3.63, 3.8) is 0 Å². The summed E-state index contributed by atoms with van der Waals surface area (Å²) in [7, 11) is 2.02. The molecule has 1 aromatic carbocycles. The summed E-state index contributed by atoms with van der Waals surface area (Å²) in [5, 5.41) is 1.13. The van der Waals surface area contributed by atoms with Gasteiger partial charge in [0.2, 0.25) is 5.69 Å². The van der Waals surface area contributed by atoms with Gasteiger partial charge in [-0.25, -0.2) is 4.57 Å². The highest BCUT2D eigenvalue weighted by Crippen LogP contribution is 2.34. The summed E-state index contributed by atoms with van der Waals surface area (Å²) in [6.07, 6.45) is 3.82. The molecule has 1 aliphatic carbocycles. The summed E-state index contributed by atoms with van der Waals surface area (Å²) in [5.41, 5.74) is 7.06. The predicted molar refractivity (Wildman–Crippen MR) is 115 cm³/mol. The number of benzene rings is 1. The predicted octanol–water partition coefficient (Wildman–Crippen LogP) is 4.62. The normalized spacial score (nSPS) is 16.0. The second-order valence-electron chi connectivity index (χ2n) is 8.85. The van der Waals surface area contributed by atoms with Crippen LogP contribution in [0.15, 0.2) is 49.1 Å². The van der Waals surface area contributed by atoms with E-state index in [9.17, 15) is 13.2 Å². The Balaban J connectivity index is 1.72. The third kappa shape index (κ3) is 3.27. The number of fused-ring (bicyclic) bond motifs is 2. The van der Waals surface area contributed by atoms with Gasteiger partial charge < -0.3 is 4.57 Å². The van der Waals surface area contributed by atoms with E-state index in [1.54, 1.807) is 13.1 Å². The zero-order valence-corrected chi connectivity index (χ0v) is 18.5. The molecule has 4 aromatic rings. The topological polar surface area (TPSA) is 25.6 Å². The average Bonchev–Trinajstić information content (AvgIpc) is 3.27. The highest BCUT2D eigenvalue weighted by atomic mass is 19.4. The first-order valence-corrected chi connectivity index (χ1v) is 10.7. The summed E-state index contributed by atoms with van der Waals surface area (Å²) in [6, 6.07) is 7.98. The van der Waals surface area contributed by atoms with Crippen molar-refractivity contribution in [2.75, 3.05) is 0 Å². The lowest BCUT2D eigenvalue weighted by Gasteiger charge is -2.14. The molecule has 164 valence electrons. The number of aromatic nitrogens is 4. The maximum atomic E-state index is 13.8. The lowest BCUT2D eigenvalue weighted by atomic mass is 10.1. The zero-order chi connectivity index (χ0) is 22.8. The molecular formula is C25H25F3N4+2. The van der Waals surface area contributed by atoms with Crippen LogP contribution in [0, 0.1) is 20.8 Å². The van der Waals surface area contributed by atoms with E-state index < -0.39 is 18.0 Å². The number of pyridine rings is 1. The smallest absolute Gasteiger partial charge is 0.344 e. The summed E-state index contributed by atoms with van der Waals surface area (Å²) >= 11 is 0. The van der Waals surface area contributed by atoms with Gasteiger partial charge in [-0.1, -0.05) is 6.07 Å². The van der Waals surface area contributed by atoms with E-state index in [0.29, 0.717) is 18.4 Å². The number of aryl methyl sites for hydroxylation is 4. The number of halogens is 3. The minimum absolute atomic E-state index is 0.405. The van der Waals surface area contributed by atoms with Crippen LogP contribution in [-0.4, -0.2) is 9.55 Å². The van der Waals surface area contributed by atoms with Gasteiger partial charge in [-0.15, -0.1) is 0 Å². The molecule has 0 bridgehead atoms. The van der Waals surface area contributed by atoms with Gasteiger partial charge in [0.25, 0.3) is 0 Å². The van der Waals surface area contributed by atoms with Crippen molar-refractivity contribution in [1.82, 2.24) is 9.55 Å². The van der Waals surface area contributed by atoms with E-state index in [0.717, 1.165) is 33.4 Å². The molecule has 3 heterocycles. The monoisotopic (exact) mass is 438 g/mol. The first-order valence-electron chi connectivity index (χ1n) is 10.7. The minimum atomic E-state index is -4.51. The van der Waals surface area contributed by atoms with Gasteiger partial charge in [0.05, 0.1) is 28.9 Å². The summed E-state index contributed by atoms with van der Waals surface area (Å²) in [6.45, 7) is 5.83. The molecule has 32 heavy (non-hydrogen) atoms. The molecule has 0 spiro atoms. The largest absolute Gasteiger partial charge is 0.499 e. The number of alkyl halides is 3. The van der Waals surface area contributed by atoms with E-state index in [4.69, 9.17) is 0 Å². The lowest BCUT2D eigenvalue weighted by Crippen LogP contribution is -2.47. The van der Waals surface area contributed by atoms with Crippen molar-refractivity contribution >= 4 is 10.9 Å². The molecule has 5 rings (SSSR count). The summed E-state index contributed by atoms with van der Waals surface area (Å²) < 4.78 is 46.8. The Kier molecular flexibility index (Phi) is 4.62. The van der Waals surface area contributed by atoms with Crippen LogP contribution < -0.4 is 9.13 Å². The van der Waals surface area contributed by atoms with Crippen molar-refractivity contribution in [2.24, 2.45) is 7.05 Å². The Morgan fingerprint density at radius 3 is 2.56 bits per heavy atom. The van der Waals surface area contributed by atoms with Crippen molar-refractivity contribution < 1.29 is 22.3 Å². The average molecular weight is 438 g/mol. The number of rotatable bonds is 2. The van der Waals surface area contributed by atoms with Gasteiger partial charge in [-0.05, 0) is 49.5 Å². The third-order valence-electron chi connectivity index (χ3n) is 6.31. The minimum Gasteiger partial charge on any atom is -0.344 e. The molecule has 4 nitrogen and oxygen atoms in total. The molecule has 1 unspecified atom stereocenters. The van der Waals surface area contributed by atoms with Gasteiger partial charge in [-0.2, -0.15) is 17.7 Å². The molecule has 1 atom stereocenters. The molecule has 0 N–H and O–H groups in total. The Morgan fingerprint density at radius 1 is 1.03 bits per heavy atom. The van der Waals surface area contributed by atoms with Crippen molar-refractivity contribution in [1.29, 1.82) is 0 Å². The van der Waals surface area contributed by atoms with Crippen LogP contribution >= 0.6 is 0 Å². The molecule has 1 aliphatic rings. The van der Waals surface area contributed by atoms with Crippen LogP contribution in [0.5, 0.6) is 0 Å². The third-order valence-corrected chi connectivity index (χ3v) is 6.31. The van der Waals surface area contributed by atoms with E-state index in [2.05, 4.69) is 51.6 Å². The van der Waals surface area contributed by atoms with Crippen molar-refractivity contribution in [3.05, 3.63) is 82.8 Å². The quantitative estimate of drug-likeness (QED) is 0.420. The van der Waals surface area contributed by atoms with Crippen LogP contribution in [0.3, 0.4) is 0 Å². The zero-order valence-electron chi connectivity index (χ0n) is 18.5. The van der Waals surface area contributed by atoms with Gasteiger partial charge in [0.15, 0.2) is 11.9 Å². The molecule has 3 aromatic heterocycles. The van der Waals surface area contributed by atoms with E-state index in [1.165, 1.54) is 16.3 Å². The van der Waals surface area contributed by atoms with Crippen molar-refractivity contribution in [3.8, 4) is 5.69 Å². The maximum absolute atomic E-state index is 13.8. The van der Waals surface area contributed by atoms with Gasteiger partial charge in [-0.3, -0.25) is 0 Å². The second-order valence-corrected chi connectivity index (χ2v) is 8.85. The highest BCUT2D eigenvalue weighted by Gasteiger charge is 2.47. The fraction of sp³-hybridized carbons (Fsp3) is 0.320. The highest BCUT2D eigenvalue weighted by molar-refractivity contribution is 5.87. The Hall–Kier alpha value is -3.22. The van der Waals surface area contributed by atoms with Crippen LogP contribution in [-0.2, 0) is 19.6 Å². The van der Waals surface area contributed by atoms with Gasteiger partial charge in [0.1, 0.15) is 12.2 Å². The first-order chi connectivity index (χ1) is 15.1. The van der Waals surface area contributed by atoms with Crippen LogP contribution in [0.1, 0.15) is 46.2 Å². The maximum Gasteiger partial charge on any atom is 0.499 e. The van der Waals surface area contributed by atoms with E-state index in [-0.39, 0.29) is 0 Å². The van der Waals surface area contributed by atoms with E-state index >= 15 is 0 Å².